The van der Waals surface area contributed by atoms with Crippen molar-refractivity contribution in [1.29, 1.82) is 0 Å². The number of nitrogens with one attached hydrogen (secondary N) is 1. The van der Waals surface area contributed by atoms with Crippen molar-refractivity contribution in [2.75, 3.05) is 12.4 Å². The summed E-state index contributed by atoms with van der Waals surface area (Å²) in [6.45, 7) is 0.417. The van der Waals surface area contributed by atoms with Crippen LogP contribution in [0.2, 0.25) is 0 Å². The number of hydrogen-bond donors (Lipinski definition) is 2. The van der Waals surface area contributed by atoms with Crippen LogP contribution in [-0.4, -0.2) is 18.2 Å². The van der Waals surface area contributed by atoms with Gasteiger partial charge in [0.15, 0.2) is 0 Å². The molecule has 2 rings (SSSR count). The molecule has 0 saturated heterocycles. The van der Waals surface area contributed by atoms with Crippen LogP contribution in [0.25, 0.3) is 0 Å². The van der Waals surface area contributed by atoms with Gasteiger partial charge >= 0.3 is 5.97 Å². The number of anilines is 1. The van der Waals surface area contributed by atoms with E-state index in [2.05, 4.69) is 5.32 Å². The molecule has 0 atom stereocenters. The Hall–Kier alpha value is -2.56. The van der Waals surface area contributed by atoms with E-state index >= 15 is 0 Å². The van der Waals surface area contributed by atoms with Crippen LogP contribution in [0.4, 0.5) is 10.1 Å². The van der Waals surface area contributed by atoms with Gasteiger partial charge in [0.1, 0.15) is 11.6 Å². The van der Waals surface area contributed by atoms with Crippen molar-refractivity contribution in [2.45, 2.75) is 6.54 Å². The van der Waals surface area contributed by atoms with Crippen molar-refractivity contribution < 1.29 is 19.0 Å². The molecule has 2 aromatic rings. The number of halogens is 1. The highest BCUT2D eigenvalue weighted by Crippen LogP contribution is 2.18. The van der Waals surface area contributed by atoms with Crippen molar-refractivity contribution in [2.24, 2.45) is 0 Å². The maximum Gasteiger partial charge on any atom is 0.335 e. The number of rotatable bonds is 5. The Morgan fingerprint density at radius 3 is 2.75 bits per heavy atom. The van der Waals surface area contributed by atoms with Gasteiger partial charge in [-0.3, -0.25) is 0 Å². The lowest BCUT2D eigenvalue weighted by Gasteiger charge is -2.09. The topological polar surface area (TPSA) is 58.6 Å². The number of methoxy groups -OCH3 is 1. The van der Waals surface area contributed by atoms with Gasteiger partial charge in [-0.2, -0.15) is 0 Å². The lowest BCUT2D eigenvalue weighted by atomic mass is 10.1. The summed E-state index contributed by atoms with van der Waals surface area (Å²) in [4.78, 5) is 10.7. The zero-order chi connectivity index (χ0) is 14.5. The average molecular weight is 275 g/mol. The Kier molecular flexibility index (Phi) is 4.20. The molecule has 0 bridgehead atoms. The molecule has 0 aromatic heterocycles. The minimum Gasteiger partial charge on any atom is -0.497 e. The predicted molar refractivity (Wildman–Crippen MR) is 73.7 cm³/mol. The normalized spacial score (nSPS) is 10.1. The Morgan fingerprint density at radius 2 is 2.10 bits per heavy atom. The second-order valence-electron chi connectivity index (χ2n) is 4.20. The second kappa shape index (κ2) is 6.06. The molecule has 0 amide bonds. The molecule has 2 aromatic carbocycles. The van der Waals surface area contributed by atoms with Crippen molar-refractivity contribution >= 4 is 11.7 Å². The molecule has 0 spiro atoms. The Bertz CT molecular complexity index is 628. The van der Waals surface area contributed by atoms with E-state index in [-0.39, 0.29) is 11.3 Å². The molecule has 0 aliphatic rings. The summed E-state index contributed by atoms with van der Waals surface area (Å²) in [5.41, 5.74) is 1.12. The molecule has 104 valence electrons. The number of benzene rings is 2. The summed E-state index contributed by atoms with van der Waals surface area (Å²) in [5.74, 6) is -1.01. The third kappa shape index (κ3) is 3.26. The van der Waals surface area contributed by atoms with Gasteiger partial charge in [-0.05, 0) is 35.9 Å². The second-order valence-corrected chi connectivity index (χ2v) is 4.20. The number of carbonyl (C=O) groups is 1. The third-order valence-electron chi connectivity index (χ3n) is 2.83. The van der Waals surface area contributed by atoms with E-state index in [4.69, 9.17) is 9.84 Å². The molecule has 0 heterocycles. The quantitative estimate of drug-likeness (QED) is 0.880. The Balaban J connectivity index is 2.08. The molecule has 5 heteroatoms. The van der Waals surface area contributed by atoms with E-state index in [1.165, 1.54) is 12.1 Å². The molecule has 20 heavy (non-hydrogen) atoms. The molecular formula is C15H14FNO3. The number of aromatic carboxylic acids is 1. The van der Waals surface area contributed by atoms with E-state index < -0.39 is 11.8 Å². The Morgan fingerprint density at radius 1 is 1.30 bits per heavy atom. The summed E-state index contributed by atoms with van der Waals surface area (Å²) >= 11 is 0. The fraction of sp³-hybridized carbons (Fsp3) is 0.133. The van der Waals surface area contributed by atoms with Gasteiger partial charge in [0.2, 0.25) is 0 Å². The van der Waals surface area contributed by atoms with Crippen LogP contribution in [0.5, 0.6) is 5.75 Å². The maximum absolute atomic E-state index is 13.7. The minimum atomic E-state index is -1.15. The standard InChI is InChI=1S/C15H14FNO3/c1-20-12-4-2-3-10(7-12)9-17-14-6-5-11(15(18)19)8-13(14)16/h2-8,17H,9H2,1H3,(H,18,19). The summed E-state index contributed by atoms with van der Waals surface area (Å²) in [5, 5.41) is 11.7. The molecule has 2 N–H and O–H groups in total. The molecule has 0 radical (unpaired) electrons. The predicted octanol–water partition coefficient (Wildman–Crippen LogP) is 3.14. The van der Waals surface area contributed by atoms with Crippen LogP contribution in [0, 0.1) is 5.82 Å². The highest BCUT2D eigenvalue weighted by atomic mass is 19.1. The van der Waals surface area contributed by atoms with E-state index in [0.717, 1.165) is 17.4 Å². The number of carboxylic acids is 1. The molecule has 0 aliphatic heterocycles. The molecule has 0 saturated carbocycles. The fourth-order valence-electron chi connectivity index (χ4n) is 1.77. The average Bonchev–Trinajstić information content (AvgIpc) is 2.46. The van der Waals surface area contributed by atoms with Crippen LogP contribution in [0.1, 0.15) is 15.9 Å². The Labute approximate surface area is 115 Å². The molecular weight excluding hydrogens is 261 g/mol. The highest BCUT2D eigenvalue weighted by Gasteiger charge is 2.08. The van der Waals surface area contributed by atoms with Crippen molar-refractivity contribution in [1.82, 2.24) is 0 Å². The van der Waals surface area contributed by atoms with E-state index in [1.54, 1.807) is 7.11 Å². The fourth-order valence-corrected chi connectivity index (χ4v) is 1.77. The molecule has 0 unspecified atom stereocenters. The maximum atomic E-state index is 13.7. The summed E-state index contributed by atoms with van der Waals surface area (Å²) in [6, 6.07) is 11.2. The van der Waals surface area contributed by atoms with Crippen molar-refractivity contribution in [3.8, 4) is 5.75 Å². The van der Waals surface area contributed by atoms with Crippen LogP contribution < -0.4 is 10.1 Å². The van der Waals surface area contributed by atoms with Crippen LogP contribution >= 0.6 is 0 Å². The van der Waals surface area contributed by atoms with Gasteiger partial charge in [-0.1, -0.05) is 12.1 Å². The third-order valence-corrected chi connectivity index (χ3v) is 2.83. The van der Waals surface area contributed by atoms with Crippen molar-refractivity contribution in [3.05, 3.63) is 59.4 Å². The SMILES string of the molecule is COc1cccc(CNc2ccc(C(=O)O)cc2F)c1. The van der Waals surface area contributed by atoms with E-state index in [0.29, 0.717) is 6.54 Å². The van der Waals surface area contributed by atoms with Crippen molar-refractivity contribution in [3.63, 3.8) is 0 Å². The zero-order valence-corrected chi connectivity index (χ0v) is 10.9. The monoisotopic (exact) mass is 275 g/mol. The largest absolute Gasteiger partial charge is 0.497 e. The first-order chi connectivity index (χ1) is 9.60. The number of carboxylic acid groups (broad SMARTS) is 1. The first kappa shape index (κ1) is 13.9. The van der Waals surface area contributed by atoms with Gasteiger partial charge < -0.3 is 15.2 Å². The van der Waals surface area contributed by atoms with Gasteiger partial charge in [0.05, 0.1) is 18.4 Å². The minimum absolute atomic E-state index is 0.0746. The highest BCUT2D eigenvalue weighted by molar-refractivity contribution is 5.88. The lowest BCUT2D eigenvalue weighted by Crippen LogP contribution is -2.03. The molecule has 0 aliphatic carbocycles. The van der Waals surface area contributed by atoms with E-state index in [9.17, 15) is 9.18 Å². The number of ether oxygens (including phenoxy) is 1. The zero-order valence-electron chi connectivity index (χ0n) is 10.9. The molecule has 0 fully saturated rings. The number of hydrogen-bond acceptors (Lipinski definition) is 3. The van der Waals surface area contributed by atoms with Gasteiger partial charge in [-0.25, -0.2) is 9.18 Å². The first-order valence-electron chi connectivity index (χ1n) is 6.00. The summed E-state index contributed by atoms with van der Waals surface area (Å²) < 4.78 is 18.8. The summed E-state index contributed by atoms with van der Waals surface area (Å²) in [6.07, 6.45) is 0. The molecule has 4 nitrogen and oxygen atoms in total. The summed E-state index contributed by atoms with van der Waals surface area (Å²) in [7, 11) is 1.58. The lowest BCUT2D eigenvalue weighted by molar-refractivity contribution is 0.0696. The van der Waals surface area contributed by atoms with E-state index in [1.807, 2.05) is 24.3 Å². The van der Waals surface area contributed by atoms with Crippen LogP contribution in [0.3, 0.4) is 0 Å². The smallest absolute Gasteiger partial charge is 0.335 e. The van der Waals surface area contributed by atoms with Gasteiger partial charge in [0, 0.05) is 6.54 Å². The first-order valence-corrected chi connectivity index (χ1v) is 6.00. The van der Waals surface area contributed by atoms with Gasteiger partial charge in [-0.15, -0.1) is 0 Å². The van der Waals surface area contributed by atoms with Crippen LogP contribution in [-0.2, 0) is 6.54 Å². The van der Waals surface area contributed by atoms with Gasteiger partial charge in [0.25, 0.3) is 0 Å². The van der Waals surface area contributed by atoms with Crippen LogP contribution in [0.15, 0.2) is 42.5 Å².